The molecule has 0 unspecified atom stereocenters. The number of nitrogen functional groups attached to an aromatic ring is 1. The minimum absolute atomic E-state index is 0.0149. The van der Waals surface area contributed by atoms with Crippen molar-refractivity contribution in [2.24, 2.45) is 5.92 Å². The third-order valence-corrected chi connectivity index (χ3v) is 4.58. The predicted molar refractivity (Wildman–Crippen MR) is 83.6 cm³/mol. The number of carbonyl (C=O) groups excluding carboxylic acids is 1. The zero-order chi connectivity index (χ0) is 16.2. The highest BCUT2D eigenvalue weighted by molar-refractivity contribution is 7.89. The second-order valence-electron chi connectivity index (χ2n) is 5.16. The van der Waals surface area contributed by atoms with Crippen molar-refractivity contribution in [2.75, 3.05) is 18.8 Å². The van der Waals surface area contributed by atoms with Crippen LogP contribution in [0.1, 0.15) is 19.4 Å². The fourth-order valence-corrected chi connectivity index (χ4v) is 3.04. The van der Waals surface area contributed by atoms with Gasteiger partial charge in [-0.15, -0.1) is 0 Å². The zero-order valence-electron chi connectivity index (χ0n) is 12.2. The van der Waals surface area contributed by atoms with E-state index in [1.165, 1.54) is 12.1 Å². The summed E-state index contributed by atoms with van der Waals surface area (Å²) in [5.74, 6) is -0.0873. The van der Waals surface area contributed by atoms with Crippen molar-refractivity contribution in [3.8, 4) is 0 Å². The largest absolute Gasteiger partial charge is 0.397 e. The highest BCUT2D eigenvalue weighted by Gasteiger charge is 2.19. The van der Waals surface area contributed by atoms with Gasteiger partial charge in [-0.1, -0.05) is 25.4 Å². The third kappa shape index (κ3) is 5.18. The average Bonchev–Trinajstić information content (AvgIpc) is 2.38. The molecule has 1 rings (SSSR count). The van der Waals surface area contributed by atoms with Gasteiger partial charge >= 0.3 is 0 Å². The van der Waals surface area contributed by atoms with E-state index in [1.807, 2.05) is 13.8 Å². The maximum absolute atomic E-state index is 12.2. The number of benzene rings is 1. The van der Waals surface area contributed by atoms with Crippen LogP contribution in [-0.2, 0) is 14.8 Å². The van der Waals surface area contributed by atoms with Crippen molar-refractivity contribution in [3.63, 3.8) is 0 Å². The fraction of sp³-hybridized carbons (Fsp3) is 0.462. The highest BCUT2D eigenvalue weighted by atomic mass is 35.5. The summed E-state index contributed by atoms with van der Waals surface area (Å²) in [4.78, 5) is 11.6. The van der Waals surface area contributed by atoms with Crippen LogP contribution in [0, 0.1) is 12.8 Å². The van der Waals surface area contributed by atoms with Crippen molar-refractivity contribution in [2.45, 2.75) is 25.7 Å². The molecule has 0 bridgehead atoms. The third-order valence-electron chi connectivity index (χ3n) is 2.71. The maximum Gasteiger partial charge on any atom is 0.241 e. The summed E-state index contributed by atoms with van der Waals surface area (Å²) < 4.78 is 26.6. The van der Waals surface area contributed by atoms with E-state index in [2.05, 4.69) is 10.0 Å². The van der Waals surface area contributed by atoms with Crippen LogP contribution >= 0.6 is 11.6 Å². The molecule has 1 aromatic rings. The first-order valence-corrected chi connectivity index (χ1v) is 8.31. The van der Waals surface area contributed by atoms with Crippen LogP contribution in [0.5, 0.6) is 0 Å². The number of sulfonamides is 1. The molecule has 0 aliphatic heterocycles. The van der Waals surface area contributed by atoms with Crippen molar-refractivity contribution in [3.05, 3.63) is 22.7 Å². The lowest BCUT2D eigenvalue weighted by Gasteiger charge is -2.12. The Bertz CT molecular complexity index is 630. The number of aryl methyl sites for hydroxylation is 1. The monoisotopic (exact) mass is 333 g/mol. The van der Waals surface area contributed by atoms with Crippen LogP contribution < -0.4 is 15.8 Å². The van der Waals surface area contributed by atoms with Crippen LogP contribution in [0.2, 0.25) is 5.02 Å². The van der Waals surface area contributed by atoms with Crippen LogP contribution in [0.25, 0.3) is 0 Å². The normalized spacial score (nSPS) is 11.7. The molecular weight excluding hydrogens is 314 g/mol. The van der Waals surface area contributed by atoms with Gasteiger partial charge in [0.15, 0.2) is 0 Å². The van der Waals surface area contributed by atoms with Gasteiger partial charge in [0.05, 0.1) is 22.2 Å². The minimum atomic E-state index is -3.81. The van der Waals surface area contributed by atoms with Gasteiger partial charge in [0.2, 0.25) is 15.9 Å². The van der Waals surface area contributed by atoms with Crippen molar-refractivity contribution >= 4 is 33.2 Å². The summed E-state index contributed by atoms with van der Waals surface area (Å²) in [6.07, 6.45) is 0. The number of anilines is 1. The van der Waals surface area contributed by atoms with Gasteiger partial charge in [0.1, 0.15) is 0 Å². The summed E-state index contributed by atoms with van der Waals surface area (Å²) in [6, 6.07) is 2.76. The molecule has 0 heterocycles. The van der Waals surface area contributed by atoms with Gasteiger partial charge in [-0.25, -0.2) is 13.1 Å². The lowest BCUT2D eigenvalue weighted by atomic mass is 10.2. The predicted octanol–water partition coefficient (Wildman–Crippen LogP) is 1.28. The summed E-state index contributed by atoms with van der Waals surface area (Å²) in [6.45, 7) is 5.68. The lowest BCUT2D eigenvalue weighted by molar-refractivity contribution is -0.120. The van der Waals surface area contributed by atoms with E-state index in [4.69, 9.17) is 17.3 Å². The molecule has 0 spiro atoms. The first kappa shape index (κ1) is 17.7. The molecule has 1 amide bonds. The summed E-state index contributed by atoms with van der Waals surface area (Å²) in [5, 5.41) is 2.92. The molecule has 0 saturated heterocycles. The Labute approximate surface area is 130 Å². The first-order valence-electron chi connectivity index (χ1n) is 6.45. The number of carbonyl (C=O) groups is 1. The summed E-state index contributed by atoms with van der Waals surface area (Å²) in [5.41, 5.74) is 6.26. The molecule has 0 aliphatic carbocycles. The molecule has 8 heteroatoms. The summed E-state index contributed by atoms with van der Waals surface area (Å²) >= 11 is 5.83. The standard InChI is InChI=1S/C13H20ClN3O3S/c1-8(2)6-16-13(18)7-17-21(19,20)12-5-11(15)10(14)4-9(12)3/h4-5,8,17H,6-7,15H2,1-3H3,(H,16,18). The number of hydrogen-bond acceptors (Lipinski definition) is 4. The molecule has 1 aromatic carbocycles. The molecule has 0 aliphatic rings. The molecule has 4 N–H and O–H groups in total. The van der Waals surface area contributed by atoms with Gasteiger partial charge in [-0.2, -0.15) is 0 Å². The topological polar surface area (TPSA) is 101 Å². The molecule has 118 valence electrons. The van der Waals surface area contributed by atoms with Crippen LogP contribution in [0.4, 0.5) is 5.69 Å². The molecule has 0 aromatic heterocycles. The molecule has 21 heavy (non-hydrogen) atoms. The van der Waals surface area contributed by atoms with Crippen molar-refractivity contribution in [1.82, 2.24) is 10.0 Å². The van der Waals surface area contributed by atoms with Crippen LogP contribution in [-0.4, -0.2) is 27.4 Å². The summed E-state index contributed by atoms with van der Waals surface area (Å²) in [7, 11) is -3.81. The number of hydrogen-bond donors (Lipinski definition) is 3. The highest BCUT2D eigenvalue weighted by Crippen LogP contribution is 2.25. The number of amides is 1. The van der Waals surface area contributed by atoms with E-state index >= 15 is 0 Å². The van der Waals surface area contributed by atoms with Gasteiger partial charge in [0.25, 0.3) is 0 Å². The minimum Gasteiger partial charge on any atom is -0.397 e. The SMILES string of the molecule is Cc1cc(Cl)c(N)cc1S(=O)(=O)NCC(=O)NCC(C)C. The van der Waals surface area contributed by atoms with Crippen LogP contribution in [0.15, 0.2) is 17.0 Å². The molecule has 0 saturated carbocycles. The van der Waals surface area contributed by atoms with E-state index in [9.17, 15) is 13.2 Å². The molecular formula is C13H20ClN3O3S. The first-order chi connectivity index (χ1) is 9.63. The van der Waals surface area contributed by atoms with E-state index in [0.717, 1.165) is 0 Å². The lowest BCUT2D eigenvalue weighted by Crippen LogP contribution is -2.38. The Morgan fingerprint density at radius 3 is 2.57 bits per heavy atom. The Hall–Kier alpha value is -1.31. The molecule has 0 fully saturated rings. The fourth-order valence-electron chi connectivity index (χ4n) is 1.58. The van der Waals surface area contributed by atoms with Crippen molar-refractivity contribution < 1.29 is 13.2 Å². The Morgan fingerprint density at radius 2 is 2.00 bits per heavy atom. The molecule has 6 nitrogen and oxygen atoms in total. The van der Waals surface area contributed by atoms with E-state index in [0.29, 0.717) is 23.0 Å². The number of nitrogens with one attached hydrogen (secondary N) is 2. The van der Waals surface area contributed by atoms with Gasteiger partial charge in [-0.05, 0) is 30.5 Å². The quantitative estimate of drug-likeness (QED) is 0.682. The average molecular weight is 334 g/mol. The number of rotatable bonds is 6. The van der Waals surface area contributed by atoms with Crippen LogP contribution in [0.3, 0.4) is 0 Å². The smallest absolute Gasteiger partial charge is 0.241 e. The Balaban J connectivity index is 2.79. The molecule has 0 radical (unpaired) electrons. The van der Waals surface area contributed by atoms with Gasteiger partial charge in [0, 0.05) is 6.54 Å². The Kier molecular flexibility index (Phi) is 6.00. The van der Waals surface area contributed by atoms with Crippen molar-refractivity contribution in [1.29, 1.82) is 0 Å². The number of halogens is 1. The number of nitrogens with two attached hydrogens (primary N) is 1. The molecule has 0 atom stereocenters. The second-order valence-corrected chi connectivity index (χ2v) is 7.30. The second kappa shape index (κ2) is 7.11. The van der Waals surface area contributed by atoms with Gasteiger partial charge < -0.3 is 11.1 Å². The Morgan fingerprint density at radius 1 is 1.38 bits per heavy atom. The van der Waals surface area contributed by atoms with E-state index in [1.54, 1.807) is 6.92 Å². The maximum atomic E-state index is 12.2. The zero-order valence-corrected chi connectivity index (χ0v) is 13.8. The van der Waals surface area contributed by atoms with E-state index in [-0.39, 0.29) is 23.0 Å². The van der Waals surface area contributed by atoms with E-state index < -0.39 is 10.0 Å². The van der Waals surface area contributed by atoms with Gasteiger partial charge in [-0.3, -0.25) is 4.79 Å².